The molecule has 0 unspecified atom stereocenters. The van der Waals surface area contributed by atoms with E-state index in [4.69, 9.17) is 9.47 Å². The molecule has 5 heteroatoms. The third-order valence-electron chi connectivity index (χ3n) is 4.27. The highest BCUT2D eigenvalue weighted by Gasteiger charge is 2.36. The molecule has 1 saturated heterocycles. The molecule has 2 heterocycles. The SMILES string of the molecule is CC(C)(C(=O)c1ccc2c(c1)OCCO2)N1CCNCC1. The van der Waals surface area contributed by atoms with E-state index < -0.39 is 5.54 Å². The van der Waals surface area contributed by atoms with Gasteiger partial charge in [-0.05, 0) is 32.0 Å². The summed E-state index contributed by atoms with van der Waals surface area (Å²) in [5, 5.41) is 3.32. The fraction of sp³-hybridized carbons (Fsp3) is 0.562. The number of carbonyl (C=O) groups is 1. The first kappa shape index (κ1) is 14.4. The molecule has 3 rings (SSSR count). The Bertz CT molecular complexity index is 536. The van der Waals surface area contributed by atoms with E-state index in [0.717, 1.165) is 31.9 Å². The molecule has 1 fully saturated rings. The zero-order valence-corrected chi connectivity index (χ0v) is 12.6. The second-order valence-electron chi connectivity index (χ2n) is 5.98. The molecule has 2 aliphatic heterocycles. The van der Waals surface area contributed by atoms with E-state index in [1.807, 2.05) is 26.0 Å². The number of carbonyl (C=O) groups excluding carboxylic acids is 1. The molecule has 1 N–H and O–H groups in total. The van der Waals surface area contributed by atoms with Crippen molar-refractivity contribution in [2.45, 2.75) is 19.4 Å². The molecule has 5 nitrogen and oxygen atoms in total. The number of rotatable bonds is 3. The number of nitrogens with one attached hydrogen (secondary N) is 1. The van der Waals surface area contributed by atoms with E-state index in [1.165, 1.54) is 0 Å². The van der Waals surface area contributed by atoms with Gasteiger partial charge in [-0.15, -0.1) is 0 Å². The monoisotopic (exact) mass is 290 g/mol. The summed E-state index contributed by atoms with van der Waals surface area (Å²) >= 11 is 0. The van der Waals surface area contributed by atoms with Crippen molar-refractivity contribution < 1.29 is 14.3 Å². The zero-order valence-electron chi connectivity index (χ0n) is 12.6. The molecule has 0 aromatic heterocycles. The highest BCUT2D eigenvalue weighted by Crippen LogP contribution is 2.32. The summed E-state index contributed by atoms with van der Waals surface area (Å²) in [7, 11) is 0. The van der Waals surface area contributed by atoms with Crippen molar-refractivity contribution in [3.05, 3.63) is 23.8 Å². The van der Waals surface area contributed by atoms with Crippen LogP contribution in [0.15, 0.2) is 18.2 Å². The quantitative estimate of drug-likeness (QED) is 0.851. The summed E-state index contributed by atoms with van der Waals surface area (Å²) in [6.45, 7) is 8.73. The van der Waals surface area contributed by atoms with Crippen LogP contribution in [0, 0.1) is 0 Å². The minimum Gasteiger partial charge on any atom is -0.486 e. The third kappa shape index (κ3) is 2.76. The molecule has 0 spiro atoms. The van der Waals surface area contributed by atoms with Crippen molar-refractivity contribution in [2.24, 2.45) is 0 Å². The topological polar surface area (TPSA) is 50.8 Å². The largest absolute Gasteiger partial charge is 0.486 e. The average molecular weight is 290 g/mol. The first-order valence-electron chi connectivity index (χ1n) is 7.49. The second-order valence-corrected chi connectivity index (χ2v) is 5.98. The van der Waals surface area contributed by atoms with E-state index in [0.29, 0.717) is 24.5 Å². The Balaban J connectivity index is 1.83. The molecule has 0 bridgehead atoms. The minimum atomic E-state index is -0.508. The van der Waals surface area contributed by atoms with Crippen molar-refractivity contribution in [1.29, 1.82) is 0 Å². The minimum absolute atomic E-state index is 0.126. The highest BCUT2D eigenvalue weighted by atomic mass is 16.6. The number of hydrogen-bond donors (Lipinski definition) is 1. The van der Waals surface area contributed by atoms with Crippen LogP contribution in [0.4, 0.5) is 0 Å². The summed E-state index contributed by atoms with van der Waals surface area (Å²) in [5.41, 5.74) is 0.175. The second kappa shape index (κ2) is 5.66. The smallest absolute Gasteiger partial charge is 0.182 e. The van der Waals surface area contributed by atoms with Crippen molar-refractivity contribution in [3.8, 4) is 11.5 Å². The lowest BCUT2D eigenvalue weighted by molar-refractivity contribution is 0.0601. The summed E-state index contributed by atoms with van der Waals surface area (Å²) in [5.74, 6) is 1.52. The molecular formula is C16H22N2O3. The lowest BCUT2D eigenvalue weighted by atomic mass is 9.90. The van der Waals surface area contributed by atoms with Crippen LogP contribution in [-0.4, -0.2) is 55.6 Å². The highest BCUT2D eigenvalue weighted by molar-refractivity contribution is 6.03. The number of piperazine rings is 1. The normalized spacial score (nSPS) is 19.3. The molecule has 0 aliphatic carbocycles. The number of nitrogens with zero attached hydrogens (tertiary/aromatic N) is 1. The maximum atomic E-state index is 12.9. The molecule has 0 radical (unpaired) electrons. The Kier molecular flexibility index (Phi) is 3.87. The van der Waals surface area contributed by atoms with Crippen molar-refractivity contribution in [3.63, 3.8) is 0 Å². The van der Waals surface area contributed by atoms with Gasteiger partial charge in [0.2, 0.25) is 0 Å². The van der Waals surface area contributed by atoms with Crippen molar-refractivity contribution in [2.75, 3.05) is 39.4 Å². The van der Waals surface area contributed by atoms with Crippen LogP contribution in [-0.2, 0) is 0 Å². The lowest BCUT2D eigenvalue weighted by Crippen LogP contribution is -2.57. The Morgan fingerprint density at radius 3 is 2.52 bits per heavy atom. The standard InChI is InChI=1S/C16H22N2O3/c1-16(2,18-7-5-17-6-8-18)15(19)12-3-4-13-14(11-12)21-10-9-20-13/h3-4,11,17H,5-10H2,1-2H3. The van der Waals surface area contributed by atoms with Crippen LogP contribution >= 0.6 is 0 Å². The zero-order chi connectivity index (χ0) is 14.9. The van der Waals surface area contributed by atoms with Crippen LogP contribution in [0.3, 0.4) is 0 Å². The predicted molar refractivity (Wildman–Crippen MR) is 80.3 cm³/mol. The lowest BCUT2D eigenvalue weighted by Gasteiger charge is -2.40. The van der Waals surface area contributed by atoms with Gasteiger partial charge in [0, 0.05) is 31.7 Å². The fourth-order valence-electron chi connectivity index (χ4n) is 2.91. The Morgan fingerprint density at radius 1 is 1.14 bits per heavy atom. The summed E-state index contributed by atoms with van der Waals surface area (Å²) < 4.78 is 11.1. The predicted octanol–water partition coefficient (Wildman–Crippen LogP) is 1.32. The van der Waals surface area contributed by atoms with Crippen LogP contribution in [0.25, 0.3) is 0 Å². The Labute approximate surface area is 125 Å². The van der Waals surface area contributed by atoms with Gasteiger partial charge < -0.3 is 14.8 Å². The Hall–Kier alpha value is -1.59. The van der Waals surface area contributed by atoms with E-state index in [1.54, 1.807) is 6.07 Å². The number of fused-ring (bicyclic) bond motifs is 1. The van der Waals surface area contributed by atoms with E-state index in [2.05, 4.69) is 10.2 Å². The van der Waals surface area contributed by atoms with Gasteiger partial charge in [-0.1, -0.05) is 0 Å². The van der Waals surface area contributed by atoms with E-state index in [9.17, 15) is 4.79 Å². The molecule has 0 amide bonds. The summed E-state index contributed by atoms with van der Waals surface area (Å²) in [4.78, 5) is 15.1. The number of ether oxygens (including phenoxy) is 2. The van der Waals surface area contributed by atoms with Crippen LogP contribution in [0.5, 0.6) is 11.5 Å². The van der Waals surface area contributed by atoms with Crippen molar-refractivity contribution in [1.82, 2.24) is 10.2 Å². The van der Waals surface area contributed by atoms with Crippen LogP contribution in [0.1, 0.15) is 24.2 Å². The Morgan fingerprint density at radius 2 is 1.81 bits per heavy atom. The maximum Gasteiger partial charge on any atom is 0.182 e. The molecule has 2 aliphatic rings. The maximum absolute atomic E-state index is 12.9. The number of hydrogen-bond acceptors (Lipinski definition) is 5. The summed E-state index contributed by atoms with van der Waals surface area (Å²) in [6.07, 6.45) is 0. The van der Waals surface area contributed by atoms with Gasteiger partial charge in [0.15, 0.2) is 17.3 Å². The van der Waals surface area contributed by atoms with Crippen LogP contribution < -0.4 is 14.8 Å². The first-order chi connectivity index (χ1) is 10.1. The number of benzene rings is 1. The third-order valence-corrected chi connectivity index (χ3v) is 4.27. The molecule has 0 atom stereocenters. The molecule has 1 aromatic carbocycles. The molecule has 0 saturated carbocycles. The van der Waals surface area contributed by atoms with E-state index in [-0.39, 0.29) is 5.78 Å². The fourth-order valence-corrected chi connectivity index (χ4v) is 2.91. The van der Waals surface area contributed by atoms with Gasteiger partial charge in [-0.3, -0.25) is 9.69 Å². The van der Waals surface area contributed by atoms with Gasteiger partial charge in [0.1, 0.15) is 13.2 Å². The molecule has 114 valence electrons. The van der Waals surface area contributed by atoms with Gasteiger partial charge in [0.05, 0.1) is 5.54 Å². The van der Waals surface area contributed by atoms with E-state index >= 15 is 0 Å². The van der Waals surface area contributed by atoms with Gasteiger partial charge in [-0.25, -0.2) is 0 Å². The molecule has 1 aromatic rings. The number of ketones is 1. The molecular weight excluding hydrogens is 268 g/mol. The van der Waals surface area contributed by atoms with Gasteiger partial charge in [-0.2, -0.15) is 0 Å². The average Bonchev–Trinajstić information content (AvgIpc) is 2.54. The van der Waals surface area contributed by atoms with Gasteiger partial charge in [0.25, 0.3) is 0 Å². The van der Waals surface area contributed by atoms with Crippen LogP contribution in [0.2, 0.25) is 0 Å². The summed E-state index contributed by atoms with van der Waals surface area (Å²) in [6, 6.07) is 5.47. The van der Waals surface area contributed by atoms with Gasteiger partial charge >= 0.3 is 0 Å². The van der Waals surface area contributed by atoms with Crippen molar-refractivity contribution >= 4 is 5.78 Å². The molecule has 21 heavy (non-hydrogen) atoms. The first-order valence-corrected chi connectivity index (χ1v) is 7.49. The number of Topliss-reactive ketones (excluding diaryl/α,β-unsaturated/α-hetero) is 1.